The molecule has 0 amide bonds. The molecule has 1 nitrogen and oxygen atoms in total. The van der Waals surface area contributed by atoms with E-state index in [9.17, 15) is 13.9 Å². The minimum absolute atomic E-state index is 0.0489. The summed E-state index contributed by atoms with van der Waals surface area (Å²) < 4.78 is 42.8. The summed E-state index contributed by atoms with van der Waals surface area (Å²) in [5.41, 5.74) is 2.71. The first kappa shape index (κ1) is 23.2. The third kappa shape index (κ3) is 5.16. The Hall–Kier alpha value is -3.01. The SMILES string of the molecule is CCC/C=C/C1CCC(c2ccc(-c3ccc(-c4ccc(O)c(F)c4F)cc3)c(F)c2)CC1. The average molecular weight is 451 g/mol. The minimum Gasteiger partial charge on any atom is -0.505 e. The summed E-state index contributed by atoms with van der Waals surface area (Å²) in [6, 6.07) is 14.6. The Kier molecular flexibility index (Phi) is 7.22. The summed E-state index contributed by atoms with van der Waals surface area (Å²) in [6.45, 7) is 2.18. The molecule has 1 saturated carbocycles. The minimum atomic E-state index is -1.27. The second-order valence-electron chi connectivity index (χ2n) is 8.91. The van der Waals surface area contributed by atoms with Crippen molar-refractivity contribution >= 4 is 0 Å². The fourth-order valence-electron chi connectivity index (χ4n) is 4.71. The molecule has 0 spiro atoms. The number of unbranched alkanes of at least 4 members (excludes halogenated alkanes) is 1. The lowest BCUT2D eigenvalue weighted by atomic mass is 9.78. The number of hydrogen-bond acceptors (Lipinski definition) is 1. The smallest absolute Gasteiger partial charge is 0.200 e. The highest BCUT2D eigenvalue weighted by Crippen LogP contribution is 2.38. The van der Waals surface area contributed by atoms with Gasteiger partial charge in [-0.2, -0.15) is 4.39 Å². The van der Waals surface area contributed by atoms with E-state index < -0.39 is 17.4 Å². The van der Waals surface area contributed by atoms with Crippen molar-refractivity contribution in [1.82, 2.24) is 0 Å². The van der Waals surface area contributed by atoms with Crippen molar-refractivity contribution in [2.75, 3.05) is 0 Å². The van der Waals surface area contributed by atoms with Crippen LogP contribution in [-0.4, -0.2) is 5.11 Å². The summed E-state index contributed by atoms with van der Waals surface area (Å²) in [6.07, 6.45) is 11.4. The van der Waals surface area contributed by atoms with Crippen LogP contribution >= 0.6 is 0 Å². The number of halogens is 3. The van der Waals surface area contributed by atoms with Crippen LogP contribution in [0.4, 0.5) is 13.2 Å². The number of phenols is 1. The monoisotopic (exact) mass is 450 g/mol. The first-order valence-corrected chi connectivity index (χ1v) is 11.7. The van der Waals surface area contributed by atoms with E-state index in [-0.39, 0.29) is 11.4 Å². The molecule has 4 heteroatoms. The van der Waals surface area contributed by atoms with Crippen LogP contribution in [0.2, 0.25) is 0 Å². The molecule has 0 aromatic heterocycles. The summed E-state index contributed by atoms with van der Waals surface area (Å²) in [4.78, 5) is 0. The summed E-state index contributed by atoms with van der Waals surface area (Å²) in [5.74, 6) is -2.34. The van der Waals surface area contributed by atoms with Gasteiger partial charge in [-0.3, -0.25) is 0 Å². The largest absolute Gasteiger partial charge is 0.505 e. The Labute approximate surface area is 193 Å². The molecule has 1 N–H and O–H groups in total. The molecule has 0 unspecified atom stereocenters. The van der Waals surface area contributed by atoms with Gasteiger partial charge in [0.1, 0.15) is 5.82 Å². The normalized spacial score (nSPS) is 18.7. The van der Waals surface area contributed by atoms with E-state index in [0.717, 1.165) is 43.7 Å². The Balaban J connectivity index is 1.47. The third-order valence-corrected chi connectivity index (χ3v) is 6.67. The maximum Gasteiger partial charge on any atom is 0.200 e. The van der Waals surface area contributed by atoms with Crippen molar-refractivity contribution in [3.63, 3.8) is 0 Å². The molecule has 0 bridgehead atoms. The van der Waals surface area contributed by atoms with Gasteiger partial charge in [-0.25, -0.2) is 8.78 Å². The molecular weight excluding hydrogens is 421 g/mol. The average Bonchev–Trinajstić information content (AvgIpc) is 2.83. The van der Waals surface area contributed by atoms with Crippen LogP contribution in [0, 0.1) is 23.4 Å². The number of allylic oxidation sites excluding steroid dienone is 2. The second kappa shape index (κ2) is 10.3. The van der Waals surface area contributed by atoms with Gasteiger partial charge in [0.05, 0.1) is 0 Å². The molecule has 0 atom stereocenters. The van der Waals surface area contributed by atoms with E-state index in [1.165, 1.54) is 12.5 Å². The van der Waals surface area contributed by atoms with Crippen molar-refractivity contribution in [2.24, 2.45) is 5.92 Å². The molecule has 0 radical (unpaired) electrons. The van der Waals surface area contributed by atoms with Crippen molar-refractivity contribution in [3.05, 3.63) is 89.8 Å². The van der Waals surface area contributed by atoms with Gasteiger partial charge in [-0.15, -0.1) is 0 Å². The highest BCUT2D eigenvalue weighted by atomic mass is 19.2. The van der Waals surface area contributed by atoms with Gasteiger partial charge in [-0.1, -0.05) is 61.9 Å². The fraction of sp³-hybridized carbons (Fsp3) is 0.310. The van der Waals surface area contributed by atoms with E-state index in [0.29, 0.717) is 28.5 Å². The van der Waals surface area contributed by atoms with E-state index in [1.54, 1.807) is 30.3 Å². The molecule has 4 rings (SSSR count). The van der Waals surface area contributed by atoms with Crippen LogP contribution in [-0.2, 0) is 0 Å². The molecule has 3 aromatic carbocycles. The van der Waals surface area contributed by atoms with Crippen LogP contribution in [0.5, 0.6) is 5.75 Å². The van der Waals surface area contributed by atoms with E-state index in [2.05, 4.69) is 19.1 Å². The first-order valence-electron chi connectivity index (χ1n) is 11.7. The lowest BCUT2D eigenvalue weighted by Gasteiger charge is -2.27. The van der Waals surface area contributed by atoms with E-state index >= 15 is 4.39 Å². The lowest BCUT2D eigenvalue weighted by molar-refractivity contribution is 0.374. The van der Waals surface area contributed by atoms with Gasteiger partial charge < -0.3 is 5.11 Å². The zero-order chi connectivity index (χ0) is 23.4. The number of phenolic OH excluding ortho intramolecular Hbond substituents is 1. The zero-order valence-electron chi connectivity index (χ0n) is 18.8. The highest BCUT2D eigenvalue weighted by molar-refractivity contribution is 5.71. The Bertz CT molecular complexity index is 1130. The zero-order valence-corrected chi connectivity index (χ0v) is 18.8. The molecule has 33 heavy (non-hydrogen) atoms. The van der Waals surface area contributed by atoms with Crippen LogP contribution in [0.3, 0.4) is 0 Å². The van der Waals surface area contributed by atoms with Gasteiger partial charge in [0.25, 0.3) is 0 Å². The van der Waals surface area contributed by atoms with Crippen molar-refractivity contribution in [2.45, 2.75) is 51.4 Å². The van der Waals surface area contributed by atoms with Crippen LogP contribution < -0.4 is 0 Å². The molecule has 3 aromatic rings. The summed E-state index contributed by atoms with van der Waals surface area (Å²) in [7, 11) is 0. The van der Waals surface area contributed by atoms with Gasteiger partial charge in [0, 0.05) is 11.1 Å². The van der Waals surface area contributed by atoms with Gasteiger partial charge >= 0.3 is 0 Å². The van der Waals surface area contributed by atoms with Gasteiger partial charge in [0.2, 0.25) is 5.82 Å². The molecular formula is C29H29F3O. The standard InChI is InChI=1S/C29H29F3O/c1-2-3-4-5-19-6-8-20(9-7-19)23-14-15-24(26(30)18-23)21-10-12-22(13-11-21)25-16-17-27(33)29(32)28(25)31/h4-5,10-20,33H,2-3,6-9H2,1H3/b5-4+. The lowest BCUT2D eigenvalue weighted by Crippen LogP contribution is -2.12. The van der Waals surface area contributed by atoms with Crippen molar-refractivity contribution in [1.29, 1.82) is 0 Å². The Morgan fingerprint density at radius 2 is 1.45 bits per heavy atom. The molecule has 0 saturated heterocycles. The topological polar surface area (TPSA) is 20.2 Å². The first-order chi connectivity index (χ1) is 16.0. The molecule has 0 heterocycles. The van der Waals surface area contributed by atoms with Crippen LogP contribution in [0.1, 0.15) is 56.9 Å². The molecule has 1 aliphatic carbocycles. The van der Waals surface area contributed by atoms with Crippen molar-refractivity contribution < 1.29 is 18.3 Å². The number of hydrogen-bond donors (Lipinski definition) is 1. The summed E-state index contributed by atoms with van der Waals surface area (Å²) in [5, 5.41) is 9.31. The maximum atomic E-state index is 15.0. The van der Waals surface area contributed by atoms with E-state index in [1.807, 2.05) is 12.1 Å². The fourth-order valence-corrected chi connectivity index (χ4v) is 4.71. The molecule has 172 valence electrons. The van der Waals surface area contributed by atoms with Gasteiger partial charge in [0.15, 0.2) is 11.6 Å². The molecule has 1 aliphatic rings. The summed E-state index contributed by atoms with van der Waals surface area (Å²) >= 11 is 0. The number of aromatic hydroxyl groups is 1. The third-order valence-electron chi connectivity index (χ3n) is 6.67. The maximum absolute atomic E-state index is 15.0. The quantitative estimate of drug-likeness (QED) is 0.372. The predicted molar refractivity (Wildman–Crippen MR) is 128 cm³/mol. The molecule has 1 fully saturated rings. The van der Waals surface area contributed by atoms with Crippen LogP contribution in [0.25, 0.3) is 22.3 Å². The molecule has 0 aliphatic heterocycles. The Morgan fingerprint density at radius 1 is 0.818 bits per heavy atom. The highest BCUT2D eigenvalue weighted by Gasteiger charge is 2.22. The van der Waals surface area contributed by atoms with Gasteiger partial charge in [-0.05, 0) is 78.8 Å². The second-order valence-corrected chi connectivity index (χ2v) is 8.91. The van der Waals surface area contributed by atoms with E-state index in [4.69, 9.17) is 0 Å². The number of benzene rings is 3. The van der Waals surface area contributed by atoms with Crippen molar-refractivity contribution in [3.8, 4) is 28.0 Å². The number of rotatable bonds is 6. The van der Waals surface area contributed by atoms with Crippen LogP contribution in [0.15, 0.2) is 66.7 Å². The predicted octanol–water partition coefficient (Wildman–Crippen LogP) is 8.77. The Morgan fingerprint density at radius 3 is 2.09 bits per heavy atom.